The summed E-state index contributed by atoms with van der Waals surface area (Å²) in [6.45, 7) is 4.24. The molecule has 0 aliphatic carbocycles. The highest BCUT2D eigenvalue weighted by Crippen LogP contribution is 2.08. The van der Waals surface area contributed by atoms with Gasteiger partial charge in [-0.05, 0) is 31.0 Å². The standard InChI is InChI=1S/C13H19FN2O/c1-3-11(4-2)16-13(17)9-15-12-7-5-6-10(14)8-12/h5-8,11,15H,3-4,9H2,1-2H3,(H,16,17). The Balaban J connectivity index is 2.38. The summed E-state index contributed by atoms with van der Waals surface area (Å²) in [5, 5.41) is 5.79. The molecule has 0 spiro atoms. The lowest BCUT2D eigenvalue weighted by Gasteiger charge is -2.15. The van der Waals surface area contributed by atoms with Crippen molar-refractivity contribution in [3.05, 3.63) is 30.1 Å². The zero-order valence-electron chi connectivity index (χ0n) is 10.3. The zero-order valence-corrected chi connectivity index (χ0v) is 10.3. The van der Waals surface area contributed by atoms with E-state index < -0.39 is 0 Å². The number of hydrogen-bond donors (Lipinski definition) is 2. The highest BCUT2D eigenvalue weighted by molar-refractivity contribution is 5.80. The van der Waals surface area contributed by atoms with Crippen LogP contribution in [0.15, 0.2) is 24.3 Å². The van der Waals surface area contributed by atoms with Crippen LogP contribution in [0, 0.1) is 5.82 Å². The minimum Gasteiger partial charge on any atom is -0.376 e. The summed E-state index contributed by atoms with van der Waals surface area (Å²) in [6.07, 6.45) is 1.84. The van der Waals surface area contributed by atoms with Crippen LogP contribution in [0.1, 0.15) is 26.7 Å². The quantitative estimate of drug-likeness (QED) is 0.799. The molecule has 0 aromatic heterocycles. The van der Waals surface area contributed by atoms with Crippen LogP contribution in [0.2, 0.25) is 0 Å². The van der Waals surface area contributed by atoms with Gasteiger partial charge in [0.05, 0.1) is 6.54 Å². The molecule has 1 aromatic carbocycles. The van der Waals surface area contributed by atoms with E-state index in [0.29, 0.717) is 5.69 Å². The van der Waals surface area contributed by atoms with Crippen LogP contribution in [-0.2, 0) is 4.79 Å². The Morgan fingerprint density at radius 1 is 1.35 bits per heavy atom. The van der Waals surface area contributed by atoms with Gasteiger partial charge in [-0.3, -0.25) is 4.79 Å². The monoisotopic (exact) mass is 238 g/mol. The van der Waals surface area contributed by atoms with Gasteiger partial charge < -0.3 is 10.6 Å². The lowest BCUT2D eigenvalue weighted by molar-refractivity contribution is -0.120. The number of halogens is 1. The Hall–Kier alpha value is -1.58. The van der Waals surface area contributed by atoms with Crippen molar-refractivity contribution in [1.82, 2.24) is 5.32 Å². The molecule has 0 fully saturated rings. The molecule has 0 heterocycles. The molecule has 0 saturated heterocycles. The van der Waals surface area contributed by atoms with E-state index in [2.05, 4.69) is 10.6 Å². The highest BCUT2D eigenvalue weighted by atomic mass is 19.1. The summed E-state index contributed by atoms with van der Waals surface area (Å²) < 4.78 is 12.9. The average molecular weight is 238 g/mol. The van der Waals surface area contributed by atoms with Gasteiger partial charge in [0.1, 0.15) is 5.82 Å². The fourth-order valence-corrected chi connectivity index (χ4v) is 1.55. The predicted octanol–water partition coefficient (Wildman–Crippen LogP) is 2.54. The summed E-state index contributed by atoms with van der Waals surface area (Å²) in [5.41, 5.74) is 0.615. The molecule has 1 rings (SSSR count). The van der Waals surface area contributed by atoms with E-state index in [0.717, 1.165) is 12.8 Å². The number of carbonyl (C=O) groups excluding carboxylic acids is 1. The molecule has 3 nitrogen and oxygen atoms in total. The largest absolute Gasteiger partial charge is 0.376 e. The maximum atomic E-state index is 12.9. The first-order chi connectivity index (χ1) is 8.15. The average Bonchev–Trinajstić information content (AvgIpc) is 2.33. The van der Waals surface area contributed by atoms with Crippen molar-refractivity contribution >= 4 is 11.6 Å². The van der Waals surface area contributed by atoms with Gasteiger partial charge in [-0.15, -0.1) is 0 Å². The van der Waals surface area contributed by atoms with Gasteiger partial charge in [-0.1, -0.05) is 19.9 Å². The first-order valence-electron chi connectivity index (χ1n) is 5.94. The third kappa shape index (κ3) is 4.85. The first-order valence-corrected chi connectivity index (χ1v) is 5.94. The van der Waals surface area contributed by atoms with E-state index in [9.17, 15) is 9.18 Å². The number of rotatable bonds is 6. The third-order valence-corrected chi connectivity index (χ3v) is 2.63. The van der Waals surface area contributed by atoms with Crippen LogP contribution in [-0.4, -0.2) is 18.5 Å². The van der Waals surface area contributed by atoms with Gasteiger partial charge in [0.25, 0.3) is 0 Å². The Labute approximate surface area is 101 Å². The van der Waals surface area contributed by atoms with E-state index >= 15 is 0 Å². The maximum absolute atomic E-state index is 12.9. The van der Waals surface area contributed by atoms with Gasteiger partial charge >= 0.3 is 0 Å². The maximum Gasteiger partial charge on any atom is 0.239 e. The topological polar surface area (TPSA) is 41.1 Å². The van der Waals surface area contributed by atoms with Gasteiger partial charge in [0, 0.05) is 11.7 Å². The van der Waals surface area contributed by atoms with Crippen molar-refractivity contribution < 1.29 is 9.18 Å². The lowest BCUT2D eigenvalue weighted by Crippen LogP contribution is -2.37. The molecule has 0 saturated carbocycles. The Morgan fingerprint density at radius 3 is 2.65 bits per heavy atom. The van der Waals surface area contributed by atoms with Crippen molar-refractivity contribution in [3.63, 3.8) is 0 Å². The molecule has 0 atom stereocenters. The molecule has 0 unspecified atom stereocenters. The molecular formula is C13H19FN2O. The molecule has 4 heteroatoms. The molecule has 0 aliphatic heterocycles. The molecule has 94 valence electrons. The molecule has 0 radical (unpaired) electrons. The van der Waals surface area contributed by atoms with E-state index in [1.165, 1.54) is 12.1 Å². The second-order valence-corrected chi connectivity index (χ2v) is 3.94. The van der Waals surface area contributed by atoms with E-state index in [1.54, 1.807) is 12.1 Å². The van der Waals surface area contributed by atoms with E-state index in [4.69, 9.17) is 0 Å². The van der Waals surface area contributed by atoms with Crippen molar-refractivity contribution in [3.8, 4) is 0 Å². The molecule has 2 N–H and O–H groups in total. The minimum absolute atomic E-state index is 0.0667. The van der Waals surface area contributed by atoms with Crippen molar-refractivity contribution in [1.29, 1.82) is 0 Å². The van der Waals surface area contributed by atoms with Crippen molar-refractivity contribution in [2.24, 2.45) is 0 Å². The van der Waals surface area contributed by atoms with Gasteiger partial charge in [-0.25, -0.2) is 4.39 Å². The molecular weight excluding hydrogens is 219 g/mol. The molecule has 1 aromatic rings. The van der Waals surface area contributed by atoms with Gasteiger partial charge in [0.15, 0.2) is 0 Å². The molecule has 0 bridgehead atoms. The summed E-state index contributed by atoms with van der Waals surface area (Å²) in [4.78, 5) is 11.6. The summed E-state index contributed by atoms with van der Waals surface area (Å²) in [6, 6.07) is 6.29. The normalized spacial score (nSPS) is 10.4. The fraction of sp³-hybridized carbons (Fsp3) is 0.462. The summed E-state index contributed by atoms with van der Waals surface area (Å²) >= 11 is 0. The second-order valence-electron chi connectivity index (χ2n) is 3.94. The number of nitrogens with one attached hydrogen (secondary N) is 2. The minimum atomic E-state index is -0.310. The first kappa shape index (κ1) is 13.5. The van der Waals surface area contributed by atoms with Crippen LogP contribution in [0.4, 0.5) is 10.1 Å². The Bertz CT molecular complexity index is 364. The SMILES string of the molecule is CCC(CC)NC(=O)CNc1cccc(F)c1. The van der Waals surface area contributed by atoms with Crippen LogP contribution in [0.5, 0.6) is 0 Å². The third-order valence-electron chi connectivity index (χ3n) is 2.63. The number of benzene rings is 1. The Morgan fingerprint density at radius 2 is 2.06 bits per heavy atom. The molecule has 0 aliphatic rings. The summed E-state index contributed by atoms with van der Waals surface area (Å²) in [5.74, 6) is -0.377. The lowest BCUT2D eigenvalue weighted by atomic mass is 10.2. The van der Waals surface area contributed by atoms with Crippen molar-refractivity contribution in [2.45, 2.75) is 32.7 Å². The second kappa shape index (κ2) is 6.89. The van der Waals surface area contributed by atoms with Crippen LogP contribution >= 0.6 is 0 Å². The van der Waals surface area contributed by atoms with Crippen LogP contribution in [0.3, 0.4) is 0 Å². The fourth-order valence-electron chi connectivity index (χ4n) is 1.55. The number of amides is 1. The summed E-state index contributed by atoms with van der Waals surface area (Å²) in [7, 11) is 0. The van der Waals surface area contributed by atoms with E-state index in [1.807, 2.05) is 13.8 Å². The zero-order chi connectivity index (χ0) is 12.7. The van der Waals surface area contributed by atoms with Gasteiger partial charge in [-0.2, -0.15) is 0 Å². The van der Waals surface area contributed by atoms with E-state index in [-0.39, 0.29) is 24.3 Å². The number of anilines is 1. The number of carbonyl (C=O) groups is 1. The van der Waals surface area contributed by atoms with Crippen LogP contribution in [0.25, 0.3) is 0 Å². The Kier molecular flexibility index (Phi) is 5.46. The predicted molar refractivity (Wildman–Crippen MR) is 67.4 cm³/mol. The smallest absolute Gasteiger partial charge is 0.239 e. The van der Waals surface area contributed by atoms with Crippen LogP contribution < -0.4 is 10.6 Å². The van der Waals surface area contributed by atoms with Gasteiger partial charge in [0.2, 0.25) is 5.91 Å². The van der Waals surface area contributed by atoms with Crippen molar-refractivity contribution in [2.75, 3.05) is 11.9 Å². The number of hydrogen-bond acceptors (Lipinski definition) is 2. The molecule has 1 amide bonds. The molecule has 17 heavy (non-hydrogen) atoms. The highest BCUT2D eigenvalue weighted by Gasteiger charge is 2.07.